The van der Waals surface area contributed by atoms with Crippen molar-refractivity contribution in [3.05, 3.63) is 64.5 Å². The number of benzene rings is 2. The van der Waals surface area contributed by atoms with Gasteiger partial charge in [0, 0.05) is 0 Å². The van der Waals surface area contributed by atoms with Crippen molar-refractivity contribution < 1.29 is 9.15 Å². The van der Waals surface area contributed by atoms with E-state index in [2.05, 4.69) is 10.2 Å². The Balaban J connectivity index is 1.74. The highest BCUT2D eigenvalue weighted by molar-refractivity contribution is 6.33. The Kier molecular flexibility index (Phi) is 4.08. The third-order valence-electron chi connectivity index (χ3n) is 2.76. The summed E-state index contributed by atoms with van der Waals surface area (Å²) in [4.78, 5) is 0. The molecule has 21 heavy (non-hydrogen) atoms. The SMILES string of the molecule is Clc1ccccc1OCc1nnc(-c2ccccc2Cl)o1. The van der Waals surface area contributed by atoms with Crippen LogP contribution in [0.4, 0.5) is 0 Å². The van der Waals surface area contributed by atoms with Gasteiger partial charge < -0.3 is 9.15 Å². The fraction of sp³-hybridized carbons (Fsp3) is 0.0667. The number of hydrogen-bond acceptors (Lipinski definition) is 4. The van der Waals surface area contributed by atoms with E-state index in [1.54, 1.807) is 18.2 Å². The smallest absolute Gasteiger partial charge is 0.254 e. The van der Waals surface area contributed by atoms with Gasteiger partial charge in [0.25, 0.3) is 5.89 Å². The Morgan fingerprint density at radius 1 is 0.905 bits per heavy atom. The highest BCUT2D eigenvalue weighted by Crippen LogP contribution is 2.27. The van der Waals surface area contributed by atoms with Crippen LogP contribution in [-0.2, 0) is 6.61 Å². The summed E-state index contributed by atoms with van der Waals surface area (Å²) in [6.07, 6.45) is 0. The van der Waals surface area contributed by atoms with Crippen LogP contribution in [0.5, 0.6) is 5.75 Å². The molecule has 0 radical (unpaired) electrons. The number of rotatable bonds is 4. The molecule has 0 atom stereocenters. The van der Waals surface area contributed by atoms with Gasteiger partial charge in [0.1, 0.15) is 5.75 Å². The highest BCUT2D eigenvalue weighted by atomic mass is 35.5. The molecule has 0 saturated heterocycles. The number of aromatic nitrogens is 2. The maximum absolute atomic E-state index is 6.09. The molecule has 0 aliphatic heterocycles. The topological polar surface area (TPSA) is 48.2 Å². The predicted molar refractivity (Wildman–Crippen MR) is 80.5 cm³/mol. The lowest BCUT2D eigenvalue weighted by Gasteiger charge is -2.04. The van der Waals surface area contributed by atoms with E-state index >= 15 is 0 Å². The average molecular weight is 321 g/mol. The summed E-state index contributed by atoms with van der Waals surface area (Å²) in [6, 6.07) is 14.5. The highest BCUT2D eigenvalue weighted by Gasteiger charge is 2.12. The fourth-order valence-corrected chi connectivity index (χ4v) is 2.16. The molecular weight excluding hydrogens is 311 g/mol. The molecule has 1 heterocycles. The van der Waals surface area contributed by atoms with Gasteiger partial charge in [0.05, 0.1) is 15.6 Å². The second kappa shape index (κ2) is 6.16. The van der Waals surface area contributed by atoms with E-state index in [4.69, 9.17) is 32.4 Å². The lowest BCUT2D eigenvalue weighted by atomic mass is 10.2. The minimum atomic E-state index is 0.140. The molecule has 106 valence electrons. The van der Waals surface area contributed by atoms with Crippen LogP contribution in [0, 0.1) is 0 Å². The van der Waals surface area contributed by atoms with Gasteiger partial charge in [0.2, 0.25) is 5.89 Å². The van der Waals surface area contributed by atoms with Crippen LogP contribution in [0.1, 0.15) is 5.89 Å². The Morgan fingerprint density at radius 2 is 1.62 bits per heavy atom. The molecule has 4 nitrogen and oxygen atoms in total. The molecule has 6 heteroatoms. The van der Waals surface area contributed by atoms with Crippen molar-refractivity contribution in [3.63, 3.8) is 0 Å². The van der Waals surface area contributed by atoms with Crippen LogP contribution in [0.2, 0.25) is 10.0 Å². The van der Waals surface area contributed by atoms with Crippen molar-refractivity contribution >= 4 is 23.2 Å². The molecule has 0 N–H and O–H groups in total. The Bertz CT molecular complexity index is 759. The molecule has 0 spiro atoms. The summed E-state index contributed by atoms with van der Waals surface area (Å²) >= 11 is 12.1. The molecular formula is C15H10Cl2N2O2. The average Bonchev–Trinajstić information content (AvgIpc) is 2.96. The summed E-state index contributed by atoms with van der Waals surface area (Å²) in [6.45, 7) is 0.140. The first-order chi connectivity index (χ1) is 10.2. The summed E-state index contributed by atoms with van der Waals surface area (Å²) < 4.78 is 11.1. The normalized spacial score (nSPS) is 10.6. The van der Waals surface area contributed by atoms with E-state index in [0.717, 1.165) is 0 Å². The lowest BCUT2D eigenvalue weighted by Crippen LogP contribution is -1.95. The number of nitrogens with zero attached hydrogens (tertiary/aromatic N) is 2. The van der Waals surface area contributed by atoms with Crippen molar-refractivity contribution in [1.29, 1.82) is 0 Å². The monoisotopic (exact) mass is 320 g/mol. The van der Waals surface area contributed by atoms with Crippen LogP contribution >= 0.6 is 23.2 Å². The minimum absolute atomic E-state index is 0.140. The summed E-state index contributed by atoms with van der Waals surface area (Å²) in [7, 11) is 0. The predicted octanol–water partition coefficient (Wildman–Crippen LogP) is 4.62. The number of halogens is 2. The first kappa shape index (κ1) is 13.9. The summed E-state index contributed by atoms with van der Waals surface area (Å²) in [5, 5.41) is 8.99. The fourth-order valence-electron chi connectivity index (χ4n) is 1.76. The van der Waals surface area contributed by atoms with Crippen molar-refractivity contribution in [3.8, 4) is 17.2 Å². The molecule has 3 rings (SSSR count). The Labute approximate surface area is 131 Å². The first-order valence-electron chi connectivity index (χ1n) is 6.18. The van der Waals surface area contributed by atoms with Gasteiger partial charge in [0.15, 0.2) is 6.61 Å². The van der Waals surface area contributed by atoms with Gasteiger partial charge in [-0.15, -0.1) is 10.2 Å². The van der Waals surface area contributed by atoms with Gasteiger partial charge in [-0.1, -0.05) is 47.5 Å². The van der Waals surface area contributed by atoms with Crippen LogP contribution in [0.3, 0.4) is 0 Å². The van der Waals surface area contributed by atoms with Crippen LogP contribution in [0.25, 0.3) is 11.5 Å². The number of para-hydroxylation sites is 1. The maximum atomic E-state index is 6.09. The molecule has 0 aliphatic rings. The van der Waals surface area contributed by atoms with Crippen LogP contribution in [-0.4, -0.2) is 10.2 Å². The van der Waals surface area contributed by atoms with Crippen molar-refractivity contribution in [1.82, 2.24) is 10.2 Å². The molecule has 1 aromatic heterocycles. The zero-order valence-electron chi connectivity index (χ0n) is 10.8. The second-order valence-electron chi connectivity index (χ2n) is 4.20. The van der Waals surface area contributed by atoms with E-state index in [1.165, 1.54) is 0 Å². The maximum Gasteiger partial charge on any atom is 0.254 e. The molecule has 0 aliphatic carbocycles. The van der Waals surface area contributed by atoms with E-state index < -0.39 is 0 Å². The Morgan fingerprint density at radius 3 is 2.38 bits per heavy atom. The minimum Gasteiger partial charge on any atom is -0.482 e. The van der Waals surface area contributed by atoms with E-state index in [9.17, 15) is 0 Å². The quantitative estimate of drug-likeness (QED) is 0.703. The third-order valence-corrected chi connectivity index (χ3v) is 3.40. The molecule has 0 bridgehead atoms. The van der Waals surface area contributed by atoms with Gasteiger partial charge in [-0.05, 0) is 24.3 Å². The van der Waals surface area contributed by atoms with Crippen molar-refractivity contribution in [2.45, 2.75) is 6.61 Å². The lowest BCUT2D eigenvalue weighted by molar-refractivity contribution is 0.264. The van der Waals surface area contributed by atoms with Crippen molar-refractivity contribution in [2.24, 2.45) is 0 Å². The molecule has 0 saturated carbocycles. The van der Waals surface area contributed by atoms with Gasteiger partial charge >= 0.3 is 0 Å². The number of ether oxygens (including phenoxy) is 1. The van der Waals surface area contributed by atoms with E-state index in [0.29, 0.717) is 33.1 Å². The van der Waals surface area contributed by atoms with Gasteiger partial charge in [-0.3, -0.25) is 0 Å². The van der Waals surface area contributed by atoms with Gasteiger partial charge in [-0.2, -0.15) is 0 Å². The Hall–Kier alpha value is -2.04. The van der Waals surface area contributed by atoms with Crippen LogP contribution < -0.4 is 4.74 Å². The molecule has 0 unspecified atom stereocenters. The molecule has 0 amide bonds. The van der Waals surface area contributed by atoms with E-state index in [1.807, 2.05) is 30.3 Å². The molecule has 2 aromatic carbocycles. The largest absolute Gasteiger partial charge is 0.482 e. The molecule has 3 aromatic rings. The zero-order chi connectivity index (χ0) is 14.7. The number of hydrogen-bond donors (Lipinski definition) is 0. The van der Waals surface area contributed by atoms with E-state index in [-0.39, 0.29) is 6.61 Å². The zero-order valence-corrected chi connectivity index (χ0v) is 12.3. The third kappa shape index (κ3) is 3.17. The second-order valence-corrected chi connectivity index (χ2v) is 5.01. The van der Waals surface area contributed by atoms with Gasteiger partial charge in [-0.25, -0.2) is 0 Å². The first-order valence-corrected chi connectivity index (χ1v) is 6.94. The summed E-state index contributed by atoms with van der Waals surface area (Å²) in [5.74, 6) is 1.28. The molecule has 0 fully saturated rings. The van der Waals surface area contributed by atoms with Crippen LogP contribution in [0.15, 0.2) is 52.9 Å². The summed E-state index contributed by atoms with van der Waals surface area (Å²) in [5.41, 5.74) is 0.690. The van der Waals surface area contributed by atoms with Crippen molar-refractivity contribution in [2.75, 3.05) is 0 Å². The standard InChI is InChI=1S/C15H10Cl2N2O2/c16-11-6-2-1-5-10(11)15-19-18-14(21-15)9-20-13-8-4-3-7-12(13)17/h1-8H,9H2.